The molecule has 102 valence electrons. The lowest BCUT2D eigenvalue weighted by molar-refractivity contribution is -0.120. The Kier molecular flexibility index (Phi) is 3.93. The maximum Gasteiger partial charge on any atom is 0.220 e. The van der Waals surface area contributed by atoms with Gasteiger partial charge in [-0.1, -0.05) is 11.6 Å². The number of aryl methyl sites for hydroxylation is 3. The first-order chi connectivity index (χ1) is 9.04. The number of nitrogens with one attached hydrogen (secondary N) is 1. The van der Waals surface area contributed by atoms with Gasteiger partial charge in [0.25, 0.3) is 0 Å². The molecule has 0 aliphatic heterocycles. The molecule has 3 nitrogen and oxygen atoms in total. The Morgan fingerprint density at radius 3 is 2.74 bits per heavy atom. The van der Waals surface area contributed by atoms with Gasteiger partial charge in [-0.3, -0.25) is 4.79 Å². The van der Waals surface area contributed by atoms with E-state index >= 15 is 0 Å². The number of rotatable bonds is 4. The average Bonchev–Trinajstić information content (AvgIpc) is 2.60. The van der Waals surface area contributed by atoms with Gasteiger partial charge in [0.2, 0.25) is 5.91 Å². The van der Waals surface area contributed by atoms with E-state index in [0.717, 1.165) is 6.42 Å². The minimum absolute atomic E-state index is 0.131. The molecule has 1 aromatic carbocycles. The Bertz CT molecular complexity index is 611. The Balaban J connectivity index is 2.34. The molecule has 1 aromatic heterocycles. The van der Waals surface area contributed by atoms with Crippen molar-refractivity contribution >= 4 is 16.8 Å². The third-order valence-corrected chi connectivity index (χ3v) is 3.75. The van der Waals surface area contributed by atoms with Gasteiger partial charge in [-0.25, -0.2) is 0 Å². The lowest BCUT2D eigenvalue weighted by Gasteiger charge is -2.03. The van der Waals surface area contributed by atoms with E-state index in [1.54, 1.807) is 0 Å². The Labute approximate surface area is 114 Å². The number of fused-ring (bicyclic) bond motifs is 1. The van der Waals surface area contributed by atoms with Crippen molar-refractivity contribution in [3.63, 3.8) is 0 Å². The van der Waals surface area contributed by atoms with E-state index in [0.29, 0.717) is 13.0 Å². The molecule has 0 atom stereocenters. The van der Waals surface area contributed by atoms with E-state index in [-0.39, 0.29) is 5.91 Å². The minimum Gasteiger partial charge on any atom is -0.356 e. The topological polar surface area (TPSA) is 34.0 Å². The van der Waals surface area contributed by atoms with E-state index in [2.05, 4.69) is 49.0 Å². The summed E-state index contributed by atoms with van der Waals surface area (Å²) in [6.07, 6.45) is 1.36. The second-order valence-electron chi connectivity index (χ2n) is 5.10. The molecule has 0 bridgehead atoms. The van der Waals surface area contributed by atoms with Crippen LogP contribution in [0.15, 0.2) is 18.2 Å². The molecule has 1 amide bonds. The number of aromatic nitrogens is 1. The molecule has 0 aliphatic carbocycles. The summed E-state index contributed by atoms with van der Waals surface area (Å²) in [5.74, 6) is 0.131. The van der Waals surface area contributed by atoms with Crippen molar-refractivity contribution in [1.82, 2.24) is 9.88 Å². The molecule has 0 saturated heterocycles. The molecular formula is C16H22N2O. The summed E-state index contributed by atoms with van der Waals surface area (Å²) >= 11 is 0. The van der Waals surface area contributed by atoms with Crippen LogP contribution in [0.1, 0.15) is 30.2 Å². The first-order valence-electron chi connectivity index (χ1n) is 6.85. The van der Waals surface area contributed by atoms with Gasteiger partial charge in [-0.15, -0.1) is 0 Å². The van der Waals surface area contributed by atoms with Crippen LogP contribution in [0, 0.1) is 13.8 Å². The normalized spacial score (nSPS) is 10.9. The van der Waals surface area contributed by atoms with Gasteiger partial charge < -0.3 is 9.88 Å². The van der Waals surface area contributed by atoms with E-state index in [1.807, 2.05) is 6.92 Å². The van der Waals surface area contributed by atoms with Crippen molar-refractivity contribution in [3.05, 3.63) is 35.0 Å². The quantitative estimate of drug-likeness (QED) is 0.899. The molecule has 1 heterocycles. The zero-order chi connectivity index (χ0) is 14.0. The summed E-state index contributed by atoms with van der Waals surface area (Å²) in [4.78, 5) is 11.6. The van der Waals surface area contributed by atoms with Gasteiger partial charge in [0.05, 0.1) is 0 Å². The third-order valence-electron chi connectivity index (χ3n) is 3.75. The number of nitrogens with zero attached hydrogens (tertiary/aromatic N) is 1. The summed E-state index contributed by atoms with van der Waals surface area (Å²) in [6.45, 7) is 6.88. The predicted octanol–water partition coefficient (Wildman–Crippen LogP) is 2.86. The zero-order valence-electron chi connectivity index (χ0n) is 12.2. The van der Waals surface area contributed by atoms with E-state index in [4.69, 9.17) is 0 Å². The monoisotopic (exact) mass is 258 g/mol. The van der Waals surface area contributed by atoms with Crippen LogP contribution in [0.2, 0.25) is 0 Å². The molecule has 0 spiro atoms. The summed E-state index contributed by atoms with van der Waals surface area (Å²) in [5.41, 5.74) is 5.06. The lowest BCUT2D eigenvalue weighted by Crippen LogP contribution is -2.22. The molecular weight excluding hydrogens is 236 g/mol. The fourth-order valence-corrected chi connectivity index (χ4v) is 2.60. The van der Waals surface area contributed by atoms with Crippen molar-refractivity contribution < 1.29 is 4.79 Å². The molecule has 19 heavy (non-hydrogen) atoms. The molecule has 0 fully saturated rings. The van der Waals surface area contributed by atoms with Crippen molar-refractivity contribution in [1.29, 1.82) is 0 Å². The summed E-state index contributed by atoms with van der Waals surface area (Å²) in [7, 11) is 2.09. The van der Waals surface area contributed by atoms with Crippen LogP contribution >= 0.6 is 0 Å². The highest BCUT2D eigenvalue weighted by atomic mass is 16.1. The van der Waals surface area contributed by atoms with Crippen LogP contribution in [0.5, 0.6) is 0 Å². The minimum atomic E-state index is 0.131. The second-order valence-corrected chi connectivity index (χ2v) is 5.10. The fraction of sp³-hybridized carbons (Fsp3) is 0.438. The molecule has 0 aliphatic rings. The number of hydrogen-bond acceptors (Lipinski definition) is 1. The lowest BCUT2D eigenvalue weighted by atomic mass is 10.0. The SMILES string of the molecule is CCNC(=O)CCc1c(C)n(C)c2ccc(C)cc12. The van der Waals surface area contributed by atoms with Crippen LogP contribution in [0.25, 0.3) is 10.9 Å². The van der Waals surface area contributed by atoms with E-state index in [1.165, 1.54) is 27.7 Å². The zero-order valence-corrected chi connectivity index (χ0v) is 12.2. The van der Waals surface area contributed by atoms with Gasteiger partial charge in [-0.05, 0) is 44.9 Å². The van der Waals surface area contributed by atoms with Crippen LogP contribution in [0.4, 0.5) is 0 Å². The highest BCUT2D eigenvalue weighted by Gasteiger charge is 2.13. The molecule has 1 N–H and O–H groups in total. The van der Waals surface area contributed by atoms with Gasteiger partial charge in [-0.2, -0.15) is 0 Å². The highest BCUT2D eigenvalue weighted by Crippen LogP contribution is 2.26. The van der Waals surface area contributed by atoms with Crippen molar-refractivity contribution in [3.8, 4) is 0 Å². The van der Waals surface area contributed by atoms with Crippen molar-refractivity contribution in [2.75, 3.05) is 6.54 Å². The molecule has 2 aromatic rings. The summed E-state index contributed by atoms with van der Waals surface area (Å²) in [6, 6.07) is 6.51. The molecule has 0 radical (unpaired) electrons. The molecule has 0 unspecified atom stereocenters. The first-order valence-corrected chi connectivity index (χ1v) is 6.85. The number of benzene rings is 1. The predicted molar refractivity (Wildman–Crippen MR) is 79.4 cm³/mol. The van der Waals surface area contributed by atoms with Gasteiger partial charge in [0.15, 0.2) is 0 Å². The Morgan fingerprint density at radius 2 is 2.05 bits per heavy atom. The fourth-order valence-electron chi connectivity index (χ4n) is 2.60. The van der Waals surface area contributed by atoms with Crippen molar-refractivity contribution in [2.45, 2.75) is 33.6 Å². The highest BCUT2D eigenvalue weighted by molar-refractivity contribution is 5.87. The molecule has 2 rings (SSSR count). The van der Waals surface area contributed by atoms with Gasteiger partial charge in [0, 0.05) is 36.6 Å². The first kappa shape index (κ1) is 13.7. The smallest absolute Gasteiger partial charge is 0.220 e. The number of carbonyl (C=O) groups excluding carboxylic acids is 1. The van der Waals surface area contributed by atoms with Gasteiger partial charge in [0.1, 0.15) is 0 Å². The summed E-state index contributed by atoms with van der Waals surface area (Å²) < 4.78 is 2.21. The number of hydrogen-bond donors (Lipinski definition) is 1. The maximum absolute atomic E-state index is 11.6. The molecule has 3 heteroatoms. The Morgan fingerprint density at radius 1 is 1.32 bits per heavy atom. The number of carbonyl (C=O) groups is 1. The summed E-state index contributed by atoms with van der Waals surface area (Å²) in [5, 5.41) is 4.14. The van der Waals surface area contributed by atoms with Gasteiger partial charge >= 0.3 is 0 Å². The average molecular weight is 258 g/mol. The molecule has 0 saturated carbocycles. The van der Waals surface area contributed by atoms with Crippen LogP contribution in [-0.4, -0.2) is 17.0 Å². The number of amides is 1. The Hall–Kier alpha value is -1.77. The van der Waals surface area contributed by atoms with Crippen LogP contribution in [-0.2, 0) is 18.3 Å². The van der Waals surface area contributed by atoms with E-state index < -0.39 is 0 Å². The maximum atomic E-state index is 11.6. The third kappa shape index (κ3) is 2.65. The van der Waals surface area contributed by atoms with Crippen molar-refractivity contribution in [2.24, 2.45) is 7.05 Å². The second kappa shape index (κ2) is 5.47. The standard InChI is InChI=1S/C16H22N2O/c1-5-17-16(19)9-7-13-12(3)18(4)15-8-6-11(2)10-14(13)15/h6,8,10H,5,7,9H2,1-4H3,(H,17,19). The van der Waals surface area contributed by atoms with Crippen LogP contribution in [0.3, 0.4) is 0 Å². The largest absolute Gasteiger partial charge is 0.356 e. The van der Waals surface area contributed by atoms with E-state index in [9.17, 15) is 4.79 Å². The van der Waals surface area contributed by atoms with Crippen LogP contribution < -0.4 is 5.32 Å².